The van der Waals surface area contributed by atoms with Gasteiger partial charge < -0.3 is 10.6 Å². The first kappa shape index (κ1) is 27.3. The minimum absolute atomic E-state index is 0.0898. The van der Waals surface area contributed by atoms with Gasteiger partial charge in [0.15, 0.2) is 0 Å². The Labute approximate surface area is 208 Å². The number of carbonyl (C=O) groups is 2. The van der Waals surface area contributed by atoms with E-state index in [2.05, 4.69) is 10.6 Å². The molecule has 1 aliphatic rings. The van der Waals surface area contributed by atoms with Crippen LogP contribution < -0.4 is 10.6 Å². The Morgan fingerprint density at radius 3 is 2.26 bits per heavy atom. The van der Waals surface area contributed by atoms with E-state index in [1.54, 1.807) is 0 Å². The van der Waals surface area contributed by atoms with E-state index in [9.17, 15) is 40.3 Å². The first-order chi connectivity index (χ1) is 16.0. The number of rotatable bonds is 6. The molecule has 1 aliphatic carbocycles. The molecule has 0 saturated heterocycles. The minimum atomic E-state index is -4.97. The molecule has 35 heavy (non-hydrogen) atoms. The zero-order valence-corrected chi connectivity index (χ0v) is 19.4. The maximum absolute atomic E-state index is 13.6. The van der Waals surface area contributed by atoms with Crippen LogP contribution in [0.2, 0.25) is 5.02 Å². The molecule has 1 fully saturated rings. The maximum Gasteiger partial charge on any atom is 0.419 e. The first-order valence-corrected chi connectivity index (χ1v) is 10.8. The van der Waals surface area contributed by atoms with Crippen molar-refractivity contribution in [2.45, 2.75) is 35.6 Å². The number of carbonyl (C=O) groups excluding carboxylic acids is 2. The van der Waals surface area contributed by atoms with Crippen molar-refractivity contribution < 1.29 is 40.3 Å². The molecule has 2 atom stereocenters. The zero-order valence-electron chi connectivity index (χ0n) is 17.1. The molecule has 2 amide bonds. The molecule has 2 aromatic carbocycles. The highest BCUT2D eigenvalue weighted by Gasteiger charge is 2.67. The fourth-order valence-corrected chi connectivity index (χ4v) is 4.48. The van der Waals surface area contributed by atoms with Gasteiger partial charge in [0.1, 0.15) is 16.6 Å². The van der Waals surface area contributed by atoms with Gasteiger partial charge in [-0.1, -0.05) is 17.7 Å². The smallest absolute Gasteiger partial charge is 0.352 e. The van der Waals surface area contributed by atoms with Crippen LogP contribution in [0, 0.1) is 11.7 Å². The van der Waals surface area contributed by atoms with E-state index in [0.29, 0.717) is 12.1 Å². The van der Waals surface area contributed by atoms with Crippen molar-refractivity contribution in [3.63, 3.8) is 0 Å². The molecule has 0 heterocycles. The monoisotopic (exact) mass is 564 g/mol. The van der Waals surface area contributed by atoms with Crippen molar-refractivity contribution in [1.29, 1.82) is 0 Å². The summed E-state index contributed by atoms with van der Waals surface area (Å²) in [7, 11) is 0. The Bertz CT molecular complexity index is 1150. The highest BCUT2D eigenvalue weighted by molar-refractivity contribution is 6.53. The molecule has 0 radical (unpaired) electrons. The van der Waals surface area contributed by atoms with Crippen molar-refractivity contribution in [3.05, 3.63) is 63.9 Å². The largest absolute Gasteiger partial charge is 0.419 e. The van der Waals surface area contributed by atoms with Gasteiger partial charge in [-0.25, -0.2) is 4.39 Å². The fourth-order valence-electron chi connectivity index (χ4n) is 3.47. The number of nitrogens with one attached hydrogen (secondary N) is 2. The van der Waals surface area contributed by atoms with Gasteiger partial charge in [-0.3, -0.25) is 9.59 Å². The summed E-state index contributed by atoms with van der Waals surface area (Å²) in [5.74, 6) is -5.81. The second kappa shape index (κ2) is 9.67. The van der Waals surface area contributed by atoms with Gasteiger partial charge in [-0.15, -0.1) is 23.2 Å². The Morgan fingerprint density at radius 2 is 1.66 bits per heavy atom. The zero-order chi connectivity index (χ0) is 26.3. The number of benzene rings is 2. The fraction of sp³-hybridized carbons (Fsp3) is 0.333. The van der Waals surface area contributed by atoms with Gasteiger partial charge in [-0.2, -0.15) is 26.3 Å². The molecular weight excluding hydrogens is 552 g/mol. The van der Waals surface area contributed by atoms with Gasteiger partial charge >= 0.3 is 12.4 Å². The van der Waals surface area contributed by atoms with Crippen LogP contribution in [0.15, 0.2) is 36.4 Å². The molecule has 0 bridgehead atoms. The summed E-state index contributed by atoms with van der Waals surface area (Å²) in [5, 5.41) is 4.60. The molecule has 2 aromatic rings. The molecule has 4 nitrogen and oxygen atoms in total. The molecule has 1 saturated carbocycles. The Balaban J connectivity index is 1.72. The number of alkyl halides is 8. The predicted octanol–water partition coefficient (Wildman–Crippen LogP) is 6.59. The lowest BCUT2D eigenvalue weighted by Gasteiger charge is -2.12. The number of hydrogen-bond donors (Lipinski definition) is 2. The van der Waals surface area contributed by atoms with Crippen LogP contribution in [-0.2, 0) is 22.3 Å². The van der Waals surface area contributed by atoms with E-state index in [-0.39, 0.29) is 28.4 Å². The lowest BCUT2D eigenvalue weighted by Crippen LogP contribution is -2.28. The summed E-state index contributed by atoms with van der Waals surface area (Å²) in [5.41, 5.74) is -1.32. The van der Waals surface area contributed by atoms with Crippen LogP contribution >= 0.6 is 34.8 Å². The number of hydrogen-bond acceptors (Lipinski definition) is 2. The molecule has 0 spiro atoms. The second-order valence-electron chi connectivity index (χ2n) is 7.73. The van der Waals surface area contributed by atoms with Crippen molar-refractivity contribution in [2.24, 2.45) is 5.92 Å². The van der Waals surface area contributed by atoms with Gasteiger partial charge in [0, 0.05) is 23.2 Å². The van der Waals surface area contributed by atoms with Crippen LogP contribution in [0.25, 0.3) is 0 Å². The summed E-state index contributed by atoms with van der Waals surface area (Å²) < 4.78 is 87.8. The van der Waals surface area contributed by atoms with E-state index < -0.39 is 58.1 Å². The van der Waals surface area contributed by atoms with E-state index >= 15 is 0 Å². The second-order valence-corrected chi connectivity index (χ2v) is 9.58. The Kier molecular flexibility index (Phi) is 7.55. The molecule has 190 valence electrons. The van der Waals surface area contributed by atoms with Crippen molar-refractivity contribution in [2.75, 3.05) is 5.32 Å². The third-order valence-corrected chi connectivity index (χ3v) is 6.45. The normalized spacial score (nSPS) is 19.3. The summed E-state index contributed by atoms with van der Waals surface area (Å²) in [6, 6.07) is 6.14. The van der Waals surface area contributed by atoms with Crippen LogP contribution in [0.4, 0.5) is 36.4 Å². The molecule has 3 rings (SSSR count). The van der Waals surface area contributed by atoms with Crippen molar-refractivity contribution >= 4 is 52.3 Å². The predicted molar refractivity (Wildman–Crippen MR) is 115 cm³/mol. The van der Waals surface area contributed by atoms with E-state index in [0.717, 1.165) is 6.07 Å². The van der Waals surface area contributed by atoms with Crippen LogP contribution in [0.5, 0.6) is 0 Å². The molecule has 0 aromatic heterocycles. The molecule has 14 heteroatoms. The molecular formula is C21H14Cl3F7N2O2. The molecule has 0 aliphatic heterocycles. The highest BCUT2D eigenvalue weighted by Crippen LogP contribution is 2.65. The minimum Gasteiger partial charge on any atom is -0.352 e. The summed E-state index contributed by atoms with van der Waals surface area (Å²) in [6.07, 6.45) is -11.3. The highest BCUT2D eigenvalue weighted by atomic mass is 35.5. The number of amides is 2. The van der Waals surface area contributed by atoms with Crippen LogP contribution in [-0.4, -0.2) is 22.3 Å². The van der Waals surface area contributed by atoms with Gasteiger partial charge in [-0.05, 0) is 41.5 Å². The van der Waals surface area contributed by atoms with Gasteiger partial charge in [0.2, 0.25) is 11.8 Å². The van der Waals surface area contributed by atoms with E-state index in [1.165, 1.54) is 18.2 Å². The molecule has 2 unspecified atom stereocenters. The summed E-state index contributed by atoms with van der Waals surface area (Å²) >= 11 is 18.3. The van der Waals surface area contributed by atoms with Crippen LogP contribution in [0.3, 0.4) is 0 Å². The quantitative estimate of drug-likeness (QED) is 0.307. The van der Waals surface area contributed by atoms with Crippen molar-refractivity contribution in [1.82, 2.24) is 5.32 Å². The summed E-state index contributed by atoms with van der Waals surface area (Å²) in [4.78, 5) is 24.1. The van der Waals surface area contributed by atoms with Crippen molar-refractivity contribution in [3.8, 4) is 0 Å². The number of anilines is 1. The topological polar surface area (TPSA) is 58.2 Å². The maximum atomic E-state index is 13.6. The third-order valence-electron chi connectivity index (χ3n) is 5.14. The van der Waals surface area contributed by atoms with Crippen LogP contribution in [0.1, 0.15) is 29.0 Å². The lowest BCUT2D eigenvalue weighted by molar-refractivity contribution is -0.154. The average molecular weight is 566 g/mol. The van der Waals surface area contributed by atoms with Gasteiger partial charge in [0.25, 0.3) is 0 Å². The standard InChI is InChI=1S/C21H14Cl3F7N2O2/c22-13-3-2-11(5-10(13)8-32-15(34)7-19(26,27)28)33-18(35)17-16(20(17,23)24)9-1-4-14(25)12(6-9)21(29,30)31/h1-6,16-17H,7-8H2,(H,32,34)(H,33,35). The average Bonchev–Trinajstić information content (AvgIpc) is 3.28. The van der Waals surface area contributed by atoms with Gasteiger partial charge in [0.05, 0.1) is 11.5 Å². The lowest BCUT2D eigenvalue weighted by atomic mass is 10.0. The Hall–Kier alpha value is -2.24. The first-order valence-electron chi connectivity index (χ1n) is 9.68. The molecule has 2 N–H and O–H groups in total. The third kappa shape index (κ3) is 6.50. The summed E-state index contributed by atoms with van der Waals surface area (Å²) in [6.45, 7) is -0.367. The van der Waals surface area contributed by atoms with E-state index in [1.807, 2.05) is 0 Å². The number of halogens is 10. The SMILES string of the molecule is O=C(CC(F)(F)F)NCc1cc(NC(=O)C2C(c3ccc(F)c(C(F)(F)F)c3)C2(Cl)Cl)ccc1Cl. The van der Waals surface area contributed by atoms with E-state index in [4.69, 9.17) is 34.8 Å². The Morgan fingerprint density at radius 1 is 1.00 bits per heavy atom.